The first kappa shape index (κ1) is 33.4. The lowest BCUT2D eigenvalue weighted by molar-refractivity contribution is -0.321. The van der Waals surface area contributed by atoms with Gasteiger partial charge in [0.15, 0.2) is 35.4 Å². The van der Waals surface area contributed by atoms with Crippen molar-refractivity contribution in [2.45, 2.75) is 74.9 Å². The molecule has 0 amide bonds. The number of rotatable bonds is 10. The third kappa shape index (κ3) is 7.78. The molecule has 1 heterocycles. The summed E-state index contributed by atoms with van der Waals surface area (Å²) >= 11 is 0. The normalized spacial score (nSPS) is 32.5. The number of aliphatic hydroxyl groups is 5. The van der Waals surface area contributed by atoms with E-state index < -0.39 is 79.4 Å². The third-order valence-electron chi connectivity index (χ3n) is 7.77. The number of aromatic hydroxyl groups is 4. The molecule has 10 atom stereocenters. The molecule has 2 aromatic rings. The molecule has 1 aliphatic carbocycles. The van der Waals surface area contributed by atoms with Gasteiger partial charge >= 0.3 is 5.97 Å². The van der Waals surface area contributed by atoms with Gasteiger partial charge in [0.25, 0.3) is 0 Å². The number of phenolic OH excluding ortho intramolecular Hbond substituents is 4. The summed E-state index contributed by atoms with van der Waals surface area (Å²) in [6.45, 7) is 0.901. The molecule has 1 aliphatic heterocycles. The molecule has 242 valence electrons. The maximum atomic E-state index is 12.8. The highest BCUT2D eigenvalue weighted by molar-refractivity contribution is 5.87. The Morgan fingerprint density at radius 2 is 1.57 bits per heavy atom. The fourth-order valence-electron chi connectivity index (χ4n) is 5.22. The Hall–Kier alpha value is -3.47. The minimum Gasteiger partial charge on any atom is -0.504 e. The van der Waals surface area contributed by atoms with Crippen molar-refractivity contribution >= 4 is 12.0 Å². The van der Waals surface area contributed by atoms with Crippen LogP contribution in [0.1, 0.15) is 24.5 Å². The molecule has 9 N–H and O–H groups in total. The van der Waals surface area contributed by atoms with E-state index in [1.807, 2.05) is 0 Å². The van der Waals surface area contributed by atoms with Gasteiger partial charge in [-0.3, -0.25) is 0 Å². The van der Waals surface area contributed by atoms with Crippen LogP contribution in [-0.4, -0.2) is 120 Å². The predicted molar refractivity (Wildman–Crippen MR) is 150 cm³/mol. The van der Waals surface area contributed by atoms with Crippen molar-refractivity contribution in [3.05, 3.63) is 53.6 Å². The topological polar surface area (TPSA) is 236 Å². The molecular formula is C30H38O14. The van der Waals surface area contributed by atoms with Crippen molar-refractivity contribution in [3.8, 4) is 23.0 Å². The predicted octanol–water partition coefficient (Wildman–Crippen LogP) is -0.352. The zero-order valence-electron chi connectivity index (χ0n) is 23.8. The number of benzene rings is 2. The highest BCUT2D eigenvalue weighted by Crippen LogP contribution is 2.34. The molecule has 2 aliphatic rings. The molecule has 0 radical (unpaired) electrons. The van der Waals surface area contributed by atoms with Gasteiger partial charge in [-0.15, -0.1) is 0 Å². The van der Waals surface area contributed by atoms with E-state index >= 15 is 0 Å². The summed E-state index contributed by atoms with van der Waals surface area (Å²) in [5, 5.41) is 91.0. The van der Waals surface area contributed by atoms with Crippen LogP contribution in [0.4, 0.5) is 0 Å². The van der Waals surface area contributed by atoms with Crippen LogP contribution in [0.25, 0.3) is 6.08 Å². The Morgan fingerprint density at radius 3 is 2.23 bits per heavy atom. The van der Waals surface area contributed by atoms with Gasteiger partial charge in [0.05, 0.1) is 25.4 Å². The average Bonchev–Trinajstić information content (AvgIpc) is 2.99. The van der Waals surface area contributed by atoms with Crippen LogP contribution in [0.2, 0.25) is 0 Å². The lowest BCUT2D eigenvalue weighted by Crippen LogP contribution is -2.64. The molecule has 14 nitrogen and oxygen atoms in total. The average molecular weight is 623 g/mol. The summed E-state index contributed by atoms with van der Waals surface area (Å²) in [6, 6.07) is 8.08. The number of esters is 1. The minimum absolute atomic E-state index is 0.0442. The van der Waals surface area contributed by atoms with E-state index in [9.17, 15) is 50.8 Å². The Balaban J connectivity index is 1.52. The number of phenols is 4. The fraction of sp³-hybridized carbons (Fsp3) is 0.500. The van der Waals surface area contributed by atoms with Gasteiger partial charge < -0.3 is 64.9 Å². The number of hydrogen-bond acceptors (Lipinski definition) is 14. The summed E-state index contributed by atoms with van der Waals surface area (Å²) < 4.78 is 23.0. The molecule has 44 heavy (non-hydrogen) atoms. The lowest BCUT2D eigenvalue weighted by atomic mass is 9.81. The van der Waals surface area contributed by atoms with Gasteiger partial charge in [0.2, 0.25) is 0 Å². The van der Waals surface area contributed by atoms with Crippen molar-refractivity contribution in [3.63, 3.8) is 0 Å². The van der Waals surface area contributed by atoms with Crippen molar-refractivity contribution < 1.29 is 69.7 Å². The quantitative estimate of drug-likeness (QED) is 0.0936. The second kappa shape index (κ2) is 14.5. The number of hydrogen-bond donors (Lipinski definition) is 9. The Bertz CT molecular complexity index is 1300. The van der Waals surface area contributed by atoms with Gasteiger partial charge in [-0.1, -0.05) is 19.1 Å². The SMILES string of the molecule is CC1CC(O[C@@H]2[C@@H](O)[C@H](OCCc3ccc(O)c(O)c3)O[C@H](CO)[C@H]2OC(=O)/C=C/c2ccc(O)c(O)c2)C(O)C(O)C1O. The van der Waals surface area contributed by atoms with Crippen LogP contribution in [0, 0.1) is 5.92 Å². The maximum Gasteiger partial charge on any atom is 0.331 e. The van der Waals surface area contributed by atoms with Crippen LogP contribution in [0.3, 0.4) is 0 Å². The molecule has 2 fully saturated rings. The Morgan fingerprint density at radius 1 is 0.886 bits per heavy atom. The third-order valence-corrected chi connectivity index (χ3v) is 7.77. The van der Waals surface area contributed by atoms with Crippen molar-refractivity contribution in [1.29, 1.82) is 0 Å². The van der Waals surface area contributed by atoms with E-state index in [0.29, 0.717) is 11.1 Å². The molecule has 4 rings (SSSR count). The molecule has 2 aromatic carbocycles. The van der Waals surface area contributed by atoms with Gasteiger partial charge in [0, 0.05) is 6.08 Å². The highest BCUT2D eigenvalue weighted by atomic mass is 16.7. The summed E-state index contributed by atoms with van der Waals surface area (Å²) in [6.07, 6.45) is -9.99. The summed E-state index contributed by atoms with van der Waals surface area (Å²) in [5.41, 5.74) is 0.954. The molecule has 0 bridgehead atoms. The first-order valence-corrected chi connectivity index (χ1v) is 14.1. The van der Waals surface area contributed by atoms with E-state index in [1.165, 1.54) is 36.4 Å². The minimum atomic E-state index is -1.63. The Labute approximate surface area is 252 Å². The van der Waals surface area contributed by atoms with Crippen molar-refractivity contribution in [1.82, 2.24) is 0 Å². The van der Waals surface area contributed by atoms with Crippen LogP contribution < -0.4 is 0 Å². The Kier molecular flexibility index (Phi) is 11.0. The fourth-order valence-corrected chi connectivity index (χ4v) is 5.22. The zero-order valence-corrected chi connectivity index (χ0v) is 23.8. The van der Waals surface area contributed by atoms with E-state index in [1.54, 1.807) is 13.0 Å². The summed E-state index contributed by atoms with van der Waals surface area (Å²) in [4.78, 5) is 12.8. The van der Waals surface area contributed by atoms with Gasteiger partial charge in [-0.2, -0.15) is 0 Å². The van der Waals surface area contributed by atoms with E-state index in [2.05, 4.69) is 0 Å². The number of carbonyl (C=O) groups is 1. The van der Waals surface area contributed by atoms with E-state index in [4.69, 9.17) is 18.9 Å². The summed E-state index contributed by atoms with van der Waals surface area (Å²) in [5.74, 6) is -2.80. The number of aliphatic hydroxyl groups excluding tert-OH is 5. The number of ether oxygens (including phenoxy) is 4. The summed E-state index contributed by atoms with van der Waals surface area (Å²) in [7, 11) is 0. The molecule has 14 heteroatoms. The molecule has 1 saturated carbocycles. The number of carbonyl (C=O) groups excluding carboxylic acids is 1. The molecule has 0 aromatic heterocycles. The standard InChI is InChI=1S/C30H38O14/c1-14-10-21(25(38)26(39)24(14)37)42-29-27(40)30(41-9-8-16-3-6-18(33)20(35)12-16)43-22(13-31)28(29)44-23(36)7-4-15-2-5-17(32)19(34)11-15/h2-7,11-12,14,21-22,24-35,37-40H,8-10,13H2,1H3/b7-4+/t14?,21?,22-,24?,25?,26?,27-,28-,29-,30-/m1/s1. The van der Waals surface area contributed by atoms with Gasteiger partial charge in [0.1, 0.15) is 30.5 Å². The van der Waals surface area contributed by atoms with Gasteiger partial charge in [-0.25, -0.2) is 4.79 Å². The molecule has 1 saturated heterocycles. The van der Waals surface area contributed by atoms with Crippen LogP contribution in [-0.2, 0) is 30.2 Å². The van der Waals surface area contributed by atoms with Crippen LogP contribution in [0.5, 0.6) is 23.0 Å². The van der Waals surface area contributed by atoms with E-state index in [-0.39, 0.29) is 36.7 Å². The second-order valence-electron chi connectivity index (χ2n) is 11.0. The van der Waals surface area contributed by atoms with E-state index in [0.717, 1.165) is 6.08 Å². The highest BCUT2D eigenvalue weighted by Gasteiger charge is 2.51. The molecule has 5 unspecified atom stereocenters. The smallest absolute Gasteiger partial charge is 0.331 e. The lowest BCUT2D eigenvalue weighted by Gasteiger charge is -2.46. The first-order chi connectivity index (χ1) is 20.9. The first-order valence-electron chi connectivity index (χ1n) is 14.1. The molecular weight excluding hydrogens is 584 g/mol. The van der Waals surface area contributed by atoms with Gasteiger partial charge in [-0.05, 0) is 60.2 Å². The van der Waals surface area contributed by atoms with Crippen molar-refractivity contribution in [2.24, 2.45) is 5.92 Å². The van der Waals surface area contributed by atoms with Crippen LogP contribution >= 0.6 is 0 Å². The monoisotopic (exact) mass is 622 g/mol. The van der Waals surface area contributed by atoms with Crippen LogP contribution in [0.15, 0.2) is 42.5 Å². The second-order valence-corrected chi connectivity index (χ2v) is 11.0. The maximum absolute atomic E-state index is 12.8. The van der Waals surface area contributed by atoms with Crippen molar-refractivity contribution in [2.75, 3.05) is 13.2 Å². The largest absolute Gasteiger partial charge is 0.504 e. The zero-order chi connectivity index (χ0) is 32.1. The molecule has 0 spiro atoms.